The van der Waals surface area contributed by atoms with Gasteiger partial charge in [-0.3, -0.25) is 0 Å². The Balaban J connectivity index is 2.62. The highest BCUT2D eigenvalue weighted by molar-refractivity contribution is 5.30. The van der Waals surface area contributed by atoms with Crippen molar-refractivity contribution in [2.75, 3.05) is 6.61 Å². The van der Waals surface area contributed by atoms with Crippen LogP contribution in [0.15, 0.2) is 18.2 Å². The molecule has 0 aliphatic heterocycles. The molecule has 1 aromatic carbocycles. The zero-order valence-electron chi connectivity index (χ0n) is 9.17. The van der Waals surface area contributed by atoms with Crippen LogP contribution in [0.5, 0.6) is 0 Å². The lowest BCUT2D eigenvalue weighted by molar-refractivity contribution is 0.251. The SMILES string of the molecule is Cc1ccc(C)c(CNC(C)CO)c1. The van der Waals surface area contributed by atoms with E-state index in [-0.39, 0.29) is 12.6 Å². The van der Waals surface area contributed by atoms with Crippen molar-refractivity contribution in [1.29, 1.82) is 0 Å². The summed E-state index contributed by atoms with van der Waals surface area (Å²) in [5.41, 5.74) is 3.89. The van der Waals surface area contributed by atoms with Gasteiger partial charge in [-0.2, -0.15) is 0 Å². The first-order chi connectivity index (χ1) is 6.63. The molecule has 2 N–H and O–H groups in total. The number of aliphatic hydroxyl groups excluding tert-OH is 1. The standard InChI is InChI=1S/C12H19NO/c1-9-4-5-10(2)12(6-9)7-13-11(3)8-14/h4-6,11,13-14H,7-8H2,1-3H3. The molecule has 78 valence electrons. The Hall–Kier alpha value is -0.860. The number of benzene rings is 1. The lowest BCUT2D eigenvalue weighted by Crippen LogP contribution is -2.28. The lowest BCUT2D eigenvalue weighted by atomic mass is 10.1. The van der Waals surface area contributed by atoms with E-state index in [1.54, 1.807) is 0 Å². The van der Waals surface area contributed by atoms with Gasteiger partial charge in [0.2, 0.25) is 0 Å². The van der Waals surface area contributed by atoms with Crippen LogP contribution in [0, 0.1) is 13.8 Å². The average molecular weight is 193 g/mol. The predicted octanol–water partition coefficient (Wildman–Crippen LogP) is 1.77. The minimum Gasteiger partial charge on any atom is -0.395 e. The highest BCUT2D eigenvalue weighted by Crippen LogP contribution is 2.10. The third kappa shape index (κ3) is 3.13. The van der Waals surface area contributed by atoms with Gasteiger partial charge in [-0.15, -0.1) is 0 Å². The van der Waals surface area contributed by atoms with Crippen molar-refractivity contribution < 1.29 is 5.11 Å². The number of hydrogen-bond donors (Lipinski definition) is 2. The minimum atomic E-state index is 0.162. The average Bonchev–Trinajstić information content (AvgIpc) is 2.19. The van der Waals surface area contributed by atoms with E-state index in [1.807, 2.05) is 6.92 Å². The molecule has 0 bridgehead atoms. The van der Waals surface area contributed by atoms with Gasteiger partial charge < -0.3 is 10.4 Å². The van der Waals surface area contributed by atoms with Crippen LogP contribution >= 0.6 is 0 Å². The van der Waals surface area contributed by atoms with Crippen molar-refractivity contribution >= 4 is 0 Å². The van der Waals surface area contributed by atoms with Crippen molar-refractivity contribution in [3.05, 3.63) is 34.9 Å². The van der Waals surface area contributed by atoms with E-state index < -0.39 is 0 Å². The van der Waals surface area contributed by atoms with Gasteiger partial charge in [0.05, 0.1) is 6.61 Å². The monoisotopic (exact) mass is 193 g/mol. The Morgan fingerprint density at radius 2 is 2.07 bits per heavy atom. The highest BCUT2D eigenvalue weighted by Gasteiger charge is 2.01. The predicted molar refractivity (Wildman–Crippen MR) is 59.3 cm³/mol. The van der Waals surface area contributed by atoms with Gasteiger partial charge in [-0.05, 0) is 31.9 Å². The molecular weight excluding hydrogens is 174 g/mol. The summed E-state index contributed by atoms with van der Waals surface area (Å²) >= 11 is 0. The van der Waals surface area contributed by atoms with Crippen LogP contribution in [0.2, 0.25) is 0 Å². The fraction of sp³-hybridized carbons (Fsp3) is 0.500. The van der Waals surface area contributed by atoms with Crippen LogP contribution in [-0.4, -0.2) is 17.8 Å². The second-order valence-electron chi connectivity index (χ2n) is 3.89. The van der Waals surface area contributed by atoms with E-state index in [4.69, 9.17) is 5.11 Å². The molecule has 1 atom stereocenters. The summed E-state index contributed by atoms with van der Waals surface area (Å²) in [6.07, 6.45) is 0. The molecule has 2 nitrogen and oxygen atoms in total. The Bertz CT molecular complexity index is 296. The van der Waals surface area contributed by atoms with E-state index in [9.17, 15) is 0 Å². The van der Waals surface area contributed by atoms with Gasteiger partial charge in [0.1, 0.15) is 0 Å². The molecule has 2 heteroatoms. The van der Waals surface area contributed by atoms with Crippen molar-refractivity contribution in [1.82, 2.24) is 5.32 Å². The van der Waals surface area contributed by atoms with E-state index in [2.05, 4.69) is 37.4 Å². The maximum atomic E-state index is 8.87. The summed E-state index contributed by atoms with van der Waals surface area (Å²) in [5.74, 6) is 0. The van der Waals surface area contributed by atoms with E-state index in [1.165, 1.54) is 16.7 Å². The summed E-state index contributed by atoms with van der Waals surface area (Å²) in [4.78, 5) is 0. The van der Waals surface area contributed by atoms with Crippen molar-refractivity contribution in [3.8, 4) is 0 Å². The Morgan fingerprint density at radius 1 is 1.36 bits per heavy atom. The molecule has 1 aromatic rings. The van der Waals surface area contributed by atoms with Gasteiger partial charge in [0, 0.05) is 12.6 Å². The van der Waals surface area contributed by atoms with Crippen LogP contribution < -0.4 is 5.32 Å². The Labute approximate surface area is 86.0 Å². The molecule has 0 amide bonds. The van der Waals surface area contributed by atoms with Crippen LogP contribution in [0.1, 0.15) is 23.6 Å². The molecule has 1 unspecified atom stereocenters. The lowest BCUT2D eigenvalue weighted by Gasteiger charge is -2.12. The molecular formula is C12H19NO. The first-order valence-electron chi connectivity index (χ1n) is 5.04. The van der Waals surface area contributed by atoms with Gasteiger partial charge in [0.15, 0.2) is 0 Å². The van der Waals surface area contributed by atoms with Crippen LogP contribution in [-0.2, 0) is 6.54 Å². The normalized spacial score (nSPS) is 12.9. The first kappa shape index (κ1) is 11.2. The summed E-state index contributed by atoms with van der Waals surface area (Å²) in [6.45, 7) is 7.20. The molecule has 0 saturated carbocycles. The molecule has 0 saturated heterocycles. The topological polar surface area (TPSA) is 32.3 Å². The van der Waals surface area contributed by atoms with Crippen LogP contribution in [0.4, 0.5) is 0 Å². The molecule has 0 aliphatic carbocycles. The Kier molecular flexibility index (Phi) is 4.11. The zero-order valence-corrected chi connectivity index (χ0v) is 9.17. The number of nitrogens with one attached hydrogen (secondary N) is 1. The van der Waals surface area contributed by atoms with Gasteiger partial charge in [0.25, 0.3) is 0 Å². The van der Waals surface area contributed by atoms with Gasteiger partial charge in [-0.1, -0.05) is 23.8 Å². The van der Waals surface area contributed by atoms with Crippen molar-refractivity contribution in [3.63, 3.8) is 0 Å². The third-order valence-electron chi connectivity index (χ3n) is 2.42. The number of hydrogen-bond acceptors (Lipinski definition) is 2. The van der Waals surface area contributed by atoms with E-state index >= 15 is 0 Å². The molecule has 0 aromatic heterocycles. The first-order valence-corrected chi connectivity index (χ1v) is 5.04. The fourth-order valence-corrected chi connectivity index (χ4v) is 1.34. The molecule has 0 fully saturated rings. The quantitative estimate of drug-likeness (QED) is 0.764. The Morgan fingerprint density at radius 3 is 2.71 bits per heavy atom. The molecule has 0 aliphatic rings. The smallest absolute Gasteiger partial charge is 0.0582 e. The summed E-state index contributed by atoms with van der Waals surface area (Å²) in [7, 11) is 0. The number of aliphatic hydroxyl groups is 1. The number of rotatable bonds is 4. The van der Waals surface area contributed by atoms with E-state index in [0.29, 0.717) is 0 Å². The van der Waals surface area contributed by atoms with Crippen molar-refractivity contribution in [2.45, 2.75) is 33.4 Å². The summed E-state index contributed by atoms with van der Waals surface area (Å²) < 4.78 is 0. The minimum absolute atomic E-state index is 0.162. The van der Waals surface area contributed by atoms with E-state index in [0.717, 1.165) is 6.54 Å². The summed E-state index contributed by atoms with van der Waals surface area (Å²) in [6, 6.07) is 6.60. The van der Waals surface area contributed by atoms with Crippen LogP contribution in [0.3, 0.4) is 0 Å². The summed E-state index contributed by atoms with van der Waals surface area (Å²) in [5, 5.41) is 12.1. The van der Waals surface area contributed by atoms with Crippen molar-refractivity contribution in [2.24, 2.45) is 0 Å². The maximum absolute atomic E-state index is 8.87. The maximum Gasteiger partial charge on any atom is 0.0582 e. The molecule has 0 radical (unpaired) electrons. The zero-order chi connectivity index (χ0) is 10.6. The highest BCUT2D eigenvalue weighted by atomic mass is 16.3. The second kappa shape index (κ2) is 5.13. The molecule has 0 heterocycles. The molecule has 1 rings (SSSR count). The van der Waals surface area contributed by atoms with Gasteiger partial charge >= 0.3 is 0 Å². The molecule has 0 spiro atoms. The third-order valence-corrected chi connectivity index (χ3v) is 2.42. The van der Waals surface area contributed by atoms with Gasteiger partial charge in [-0.25, -0.2) is 0 Å². The molecule has 14 heavy (non-hydrogen) atoms. The number of aryl methyl sites for hydroxylation is 2. The second-order valence-corrected chi connectivity index (χ2v) is 3.89. The fourth-order valence-electron chi connectivity index (χ4n) is 1.34. The van der Waals surface area contributed by atoms with Crippen LogP contribution in [0.25, 0.3) is 0 Å². The largest absolute Gasteiger partial charge is 0.395 e.